The van der Waals surface area contributed by atoms with E-state index in [0.717, 1.165) is 0 Å². The highest BCUT2D eigenvalue weighted by Gasteiger charge is 2.46. The lowest BCUT2D eigenvalue weighted by Crippen LogP contribution is -2.53. The SMILES string of the molecule is CC[C@H]1O[C@@H](n2cnc3c(NC(=O)c4ccccc4)ncnc32)[C@@H](OCOCCOCCCC(=O)CCCCOC2OC(COC(C)=O)C(OC(C)=O)C(C)C2C)C1O. The fourth-order valence-corrected chi connectivity index (χ4v) is 7.04. The molecule has 0 aliphatic carbocycles. The number of unbranched alkanes of at least 4 members (excludes halogenated alkanes) is 1. The van der Waals surface area contributed by atoms with Crippen molar-refractivity contribution in [3.05, 3.63) is 48.5 Å². The maximum Gasteiger partial charge on any atom is 0.303 e. The Bertz CT molecular complexity index is 1810. The molecule has 1 aromatic carbocycles. The number of hydrogen-bond donors (Lipinski definition) is 2. The van der Waals surface area contributed by atoms with Gasteiger partial charge in [-0.3, -0.25) is 23.7 Å². The highest BCUT2D eigenvalue weighted by molar-refractivity contribution is 6.06. The molecule has 324 valence electrons. The molecule has 2 N–H and O–H groups in total. The Morgan fingerprint density at radius 2 is 1.59 bits per heavy atom. The number of imidazole rings is 1. The molecule has 0 saturated carbocycles. The number of aliphatic hydroxyl groups excluding tert-OH is 1. The van der Waals surface area contributed by atoms with Crippen LogP contribution in [0.3, 0.4) is 0 Å². The van der Waals surface area contributed by atoms with Gasteiger partial charge in [-0.05, 0) is 37.8 Å². The third-order valence-electron chi connectivity index (χ3n) is 10.4. The highest BCUT2D eigenvalue weighted by atomic mass is 16.7. The number of carbonyl (C=O) groups excluding carboxylic acids is 4. The van der Waals surface area contributed by atoms with Crippen LogP contribution in [0.15, 0.2) is 43.0 Å². The van der Waals surface area contributed by atoms with E-state index in [0.29, 0.717) is 75.1 Å². The first-order valence-electron chi connectivity index (χ1n) is 20.2. The minimum absolute atomic E-state index is 0.0457. The summed E-state index contributed by atoms with van der Waals surface area (Å²) in [5, 5.41) is 13.8. The quantitative estimate of drug-likeness (QED) is 0.0780. The van der Waals surface area contributed by atoms with Crippen molar-refractivity contribution < 1.29 is 62.2 Å². The van der Waals surface area contributed by atoms with E-state index in [9.17, 15) is 24.3 Å². The van der Waals surface area contributed by atoms with Crippen molar-refractivity contribution in [2.75, 3.05) is 45.1 Å². The van der Waals surface area contributed by atoms with Crippen molar-refractivity contribution in [1.29, 1.82) is 0 Å². The van der Waals surface area contributed by atoms with Gasteiger partial charge in [0.25, 0.3) is 5.91 Å². The fraction of sp³-hybridized carbons (Fsp3) is 0.634. The summed E-state index contributed by atoms with van der Waals surface area (Å²) >= 11 is 0. The molecule has 18 nitrogen and oxygen atoms in total. The molecule has 1 amide bonds. The number of nitrogens with zero attached hydrogens (tertiary/aromatic N) is 4. The first kappa shape index (κ1) is 45.7. The Kier molecular flexibility index (Phi) is 17.6. The Morgan fingerprint density at radius 3 is 2.34 bits per heavy atom. The van der Waals surface area contributed by atoms with Crippen LogP contribution in [-0.4, -0.2) is 125 Å². The Morgan fingerprint density at radius 1 is 0.831 bits per heavy atom. The number of aromatic nitrogens is 4. The molecular weight excluding hydrogens is 770 g/mol. The lowest BCUT2D eigenvalue weighted by Gasteiger charge is -2.43. The molecule has 3 aromatic rings. The van der Waals surface area contributed by atoms with Crippen molar-refractivity contribution in [1.82, 2.24) is 19.5 Å². The summed E-state index contributed by atoms with van der Waals surface area (Å²) in [5.41, 5.74) is 1.22. The van der Waals surface area contributed by atoms with Crippen molar-refractivity contribution in [2.45, 2.75) is 116 Å². The number of esters is 2. The summed E-state index contributed by atoms with van der Waals surface area (Å²) in [6.45, 7) is 9.60. The van der Waals surface area contributed by atoms with E-state index in [-0.39, 0.29) is 49.4 Å². The molecule has 9 atom stereocenters. The predicted octanol–water partition coefficient (Wildman–Crippen LogP) is 4.15. The van der Waals surface area contributed by atoms with Gasteiger partial charge in [0.2, 0.25) is 0 Å². The zero-order valence-corrected chi connectivity index (χ0v) is 34.4. The van der Waals surface area contributed by atoms with Crippen LogP contribution in [0.5, 0.6) is 0 Å². The molecule has 2 fully saturated rings. The second kappa shape index (κ2) is 22.8. The van der Waals surface area contributed by atoms with Gasteiger partial charge in [0.05, 0.1) is 25.6 Å². The fourth-order valence-electron chi connectivity index (χ4n) is 7.04. The number of carbonyl (C=O) groups is 4. The summed E-state index contributed by atoms with van der Waals surface area (Å²) in [5.74, 6) is -1.01. The van der Waals surface area contributed by atoms with Gasteiger partial charge in [-0.25, -0.2) is 15.0 Å². The minimum atomic E-state index is -0.944. The second-order valence-electron chi connectivity index (χ2n) is 14.7. The molecule has 4 heterocycles. The minimum Gasteiger partial charge on any atom is -0.463 e. The van der Waals surface area contributed by atoms with Gasteiger partial charge in [-0.15, -0.1) is 0 Å². The molecule has 2 aliphatic rings. The standard InChI is InChI=1S/C41H57N5O13/c1-6-31-34(50)36(40(58-31)46-23-44-33-37(42-22-43-38(33)46)45-39(51)29-13-8-7-9-14-29)56-24-53-20-19-52-17-12-16-30(49)15-10-11-18-54-41-26(3)25(2)35(57-28(5)48)32(59-41)21-55-27(4)47/h7-9,13-14,22-23,25-26,31-32,34-36,40-41,50H,6,10-12,15-21,24H2,1-5H3,(H,42,43,45,51)/t25?,26?,31-,32?,34?,35?,36+,40-,41?/m1/s1. The van der Waals surface area contributed by atoms with E-state index in [2.05, 4.69) is 20.3 Å². The largest absolute Gasteiger partial charge is 0.463 e. The number of rotatable bonds is 23. The van der Waals surface area contributed by atoms with E-state index < -0.39 is 55.0 Å². The second-order valence-corrected chi connectivity index (χ2v) is 14.7. The molecule has 0 spiro atoms. The number of anilines is 1. The summed E-state index contributed by atoms with van der Waals surface area (Å²) in [6, 6.07) is 8.76. The van der Waals surface area contributed by atoms with Crippen molar-refractivity contribution in [3.8, 4) is 0 Å². The molecule has 2 aromatic heterocycles. The molecule has 18 heteroatoms. The van der Waals surface area contributed by atoms with Crippen LogP contribution in [0.4, 0.5) is 5.82 Å². The summed E-state index contributed by atoms with van der Waals surface area (Å²) < 4.78 is 47.8. The number of ether oxygens (including phenoxy) is 8. The van der Waals surface area contributed by atoms with E-state index >= 15 is 0 Å². The average molecular weight is 828 g/mol. The number of Topliss-reactive ketones (excluding diaryl/α,β-unsaturated/α-hetero) is 1. The van der Waals surface area contributed by atoms with Crippen LogP contribution in [0.1, 0.15) is 89.7 Å². The molecular formula is C41H57N5O13. The molecule has 2 aliphatic heterocycles. The Balaban J connectivity index is 0.955. The number of ketones is 1. The van der Waals surface area contributed by atoms with Gasteiger partial charge in [0, 0.05) is 57.3 Å². The number of aliphatic hydroxyl groups is 1. The topological polar surface area (TPSA) is 218 Å². The molecule has 0 radical (unpaired) electrons. The monoisotopic (exact) mass is 827 g/mol. The van der Waals surface area contributed by atoms with Gasteiger partial charge in [0.1, 0.15) is 49.9 Å². The van der Waals surface area contributed by atoms with Crippen LogP contribution in [0.25, 0.3) is 11.2 Å². The lowest BCUT2D eigenvalue weighted by atomic mass is 9.84. The van der Waals surface area contributed by atoms with E-state index in [1.165, 1.54) is 26.5 Å². The third-order valence-corrected chi connectivity index (χ3v) is 10.4. The smallest absolute Gasteiger partial charge is 0.303 e. The highest BCUT2D eigenvalue weighted by Crippen LogP contribution is 2.36. The molecule has 59 heavy (non-hydrogen) atoms. The predicted molar refractivity (Wildman–Crippen MR) is 210 cm³/mol. The third kappa shape index (κ3) is 12.8. The van der Waals surface area contributed by atoms with Gasteiger partial charge in [-0.2, -0.15) is 0 Å². The van der Waals surface area contributed by atoms with Crippen LogP contribution < -0.4 is 5.32 Å². The van der Waals surface area contributed by atoms with Crippen molar-refractivity contribution >= 4 is 40.6 Å². The van der Waals surface area contributed by atoms with E-state index in [1.807, 2.05) is 26.8 Å². The maximum atomic E-state index is 12.8. The molecule has 0 bridgehead atoms. The first-order valence-corrected chi connectivity index (χ1v) is 20.2. The Labute approximate surface area is 343 Å². The van der Waals surface area contributed by atoms with Crippen LogP contribution >= 0.6 is 0 Å². The number of benzene rings is 1. The van der Waals surface area contributed by atoms with Crippen LogP contribution in [0, 0.1) is 11.8 Å². The van der Waals surface area contributed by atoms with Crippen LogP contribution in [0.2, 0.25) is 0 Å². The molecule has 6 unspecified atom stereocenters. The summed E-state index contributed by atoms with van der Waals surface area (Å²) in [7, 11) is 0. The first-order chi connectivity index (χ1) is 28.5. The summed E-state index contributed by atoms with van der Waals surface area (Å²) in [6.07, 6.45) is 1.33. The molecule has 5 rings (SSSR count). The van der Waals surface area contributed by atoms with Gasteiger partial charge in [0.15, 0.2) is 29.5 Å². The zero-order chi connectivity index (χ0) is 42.3. The normalized spacial score (nSPS) is 25.5. The van der Waals surface area contributed by atoms with Crippen molar-refractivity contribution in [3.63, 3.8) is 0 Å². The van der Waals surface area contributed by atoms with Gasteiger partial charge >= 0.3 is 11.9 Å². The number of amides is 1. The van der Waals surface area contributed by atoms with Gasteiger partial charge < -0.3 is 48.3 Å². The number of fused-ring (bicyclic) bond motifs is 1. The molecule has 2 saturated heterocycles. The Hall–Kier alpha value is -4.43. The zero-order valence-electron chi connectivity index (χ0n) is 34.4. The number of nitrogens with one attached hydrogen (secondary N) is 1. The number of hydrogen-bond acceptors (Lipinski definition) is 16. The van der Waals surface area contributed by atoms with Crippen LogP contribution in [-0.2, 0) is 52.3 Å². The van der Waals surface area contributed by atoms with E-state index in [4.69, 9.17) is 37.9 Å². The van der Waals surface area contributed by atoms with Crippen molar-refractivity contribution in [2.24, 2.45) is 11.8 Å². The lowest BCUT2D eigenvalue weighted by molar-refractivity contribution is -0.273. The van der Waals surface area contributed by atoms with E-state index in [1.54, 1.807) is 28.8 Å². The van der Waals surface area contributed by atoms with Gasteiger partial charge in [-0.1, -0.05) is 39.0 Å². The average Bonchev–Trinajstić information content (AvgIpc) is 3.79. The summed E-state index contributed by atoms with van der Waals surface area (Å²) in [4.78, 5) is 61.3. The maximum absolute atomic E-state index is 12.8.